The summed E-state index contributed by atoms with van der Waals surface area (Å²) in [5, 5.41) is 10.1. The lowest BCUT2D eigenvalue weighted by atomic mass is 9.91. The second kappa shape index (κ2) is 7.36. The molecule has 0 aliphatic heterocycles. The minimum atomic E-state index is -4.71. The number of carboxylic acid groups (broad SMARTS) is 1. The zero-order valence-electron chi connectivity index (χ0n) is 15.7. The molecule has 3 rings (SSSR count). The van der Waals surface area contributed by atoms with Gasteiger partial charge in [-0.05, 0) is 41.3 Å². The number of carboxylic acids is 1. The van der Waals surface area contributed by atoms with Crippen molar-refractivity contribution in [2.24, 2.45) is 12.8 Å². The average Bonchev–Trinajstić information content (AvgIpc) is 2.65. The van der Waals surface area contributed by atoms with E-state index in [0.29, 0.717) is 16.3 Å². The highest BCUT2D eigenvalue weighted by Crippen LogP contribution is 2.38. The number of aryl methyl sites for hydroxylation is 1. The van der Waals surface area contributed by atoms with Gasteiger partial charge >= 0.3 is 12.1 Å². The summed E-state index contributed by atoms with van der Waals surface area (Å²) >= 11 is 0. The van der Waals surface area contributed by atoms with E-state index in [1.165, 1.54) is 30.7 Å². The fourth-order valence-corrected chi connectivity index (χ4v) is 3.39. The molecule has 1 aromatic heterocycles. The molecule has 152 valence electrons. The Hall–Kier alpha value is -3.13. The summed E-state index contributed by atoms with van der Waals surface area (Å²) < 4.78 is 42.4. The van der Waals surface area contributed by atoms with E-state index in [9.17, 15) is 22.8 Å². The Morgan fingerprint density at radius 3 is 2.38 bits per heavy atom. The van der Waals surface area contributed by atoms with Gasteiger partial charge in [0, 0.05) is 12.7 Å². The quantitative estimate of drug-likeness (QED) is 0.697. The first kappa shape index (κ1) is 20.6. The van der Waals surface area contributed by atoms with Crippen LogP contribution >= 0.6 is 0 Å². The number of aliphatic carboxylic acids is 1. The molecule has 0 saturated carbocycles. The van der Waals surface area contributed by atoms with Gasteiger partial charge in [-0.25, -0.2) is 0 Å². The lowest BCUT2D eigenvalue weighted by Gasteiger charge is -2.18. The minimum Gasteiger partial charge on any atom is -0.480 e. The highest BCUT2D eigenvalue weighted by Gasteiger charge is 2.36. The molecular formula is C21H19F3N2O3. The highest BCUT2D eigenvalue weighted by molar-refractivity contribution is 5.99. The number of rotatable bonds is 4. The molecule has 2 aromatic carbocycles. The van der Waals surface area contributed by atoms with Gasteiger partial charge in [-0.15, -0.1) is 0 Å². The number of nitrogens with two attached hydrogens (primary N) is 1. The highest BCUT2D eigenvalue weighted by atomic mass is 19.4. The zero-order valence-corrected chi connectivity index (χ0v) is 15.7. The van der Waals surface area contributed by atoms with E-state index in [1.807, 2.05) is 0 Å². The Bertz CT molecular complexity index is 1170. The molecule has 5 nitrogen and oxygen atoms in total. The standard InChI is InChI=1S/C21H19F3N2O3/c1-11-9-16(21(22,23)24)18(19(27)26(11)2)15-8-7-12(10-17(25)20(28)29)13-5-3-4-6-14(13)15/h3-9,17H,10,25H2,1-2H3,(H,28,29)/t17-/m0/s1. The van der Waals surface area contributed by atoms with E-state index < -0.39 is 34.9 Å². The molecule has 3 aromatic rings. The first-order chi connectivity index (χ1) is 13.5. The Morgan fingerprint density at radius 2 is 1.79 bits per heavy atom. The van der Waals surface area contributed by atoms with Crippen LogP contribution in [0.2, 0.25) is 0 Å². The van der Waals surface area contributed by atoms with Crippen LogP contribution in [0.25, 0.3) is 21.9 Å². The van der Waals surface area contributed by atoms with Gasteiger partial charge < -0.3 is 15.4 Å². The normalized spacial score (nSPS) is 12.9. The molecule has 0 unspecified atom stereocenters. The summed E-state index contributed by atoms with van der Waals surface area (Å²) in [6.45, 7) is 1.44. The van der Waals surface area contributed by atoms with E-state index in [1.54, 1.807) is 24.3 Å². The number of pyridine rings is 1. The molecule has 8 heteroatoms. The molecule has 0 radical (unpaired) electrons. The van der Waals surface area contributed by atoms with E-state index in [2.05, 4.69) is 0 Å². The Kier molecular flexibility index (Phi) is 5.23. The van der Waals surface area contributed by atoms with Crippen LogP contribution in [0.5, 0.6) is 0 Å². The number of alkyl halides is 3. The Labute approximate surface area is 164 Å². The molecule has 29 heavy (non-hydrogen) atoms. The number of hydrogen-bond acceptors (Lipinski definition) is 3. The first-order valence-electron chi connectivity index (χ1n) is 8.79. The summed E-state index contributed by atoms with van der Waals surface area (Å²) in [4.78, 5) is 23.9. The molecule has 0 amide bonds. The molecule has 0 aliphatic carbocycles. The summed E-state index contributed by atoms with van der Waals surface area (Å²) in [6.07, 6.45) is -4.70. The predicted molar refractivity (Wildman–Crippen MR) is 104 cm³/mol. The first-order valence-corrected chi connectivity index (χ1v) is 8.79. The van der Waals surface area contributed by atoms with Crippen molar-refractivity contribution in [1.82, 2.24) is 4.57 Å². The second-order valence-corrected chi connectivity index (χ2v) is 6.90. The summed E-state index contributed by atoms with van der Waals surface area (Å²) in [7, 11) is 1.42. The van der Waals surface area contributed by atoms with E-state index >= 15 is 0 Å². The van der Waals surface area contributed by atoms with Crippen LogP contribution in [0.4, 0.5) is 13.2 Å². The van der Waals surface area contributed by atoms with E-state index in [0.717, 1.165) is 6.07 Å². The van der Waals surface area contributed by atoms with Crippen LogP contribution in [0.3, 0.4) is 0 Å². The number of fused-ring (bicyclic) bond motifs is 1. The lowest BCUT2D eigenvalue weighted by molar-refractivity contribution is -0.138. The molecule has 1 heterocycles. The third kappa shape index (κ3) is 3.75. The van der Waals surface area contributed by atoms with Crippen molar-refractivity contribution in [3.8, 4) is 11.1 Å². The summed E-state index contributed by atoms with van der Waals surface area (Å²) in [5.41, 5.74) is 4.35. The van der Waals surface area contributed by atoms with Crippen LogP contribution < -0.4 is 11.3 Å². The van der Waals surface area contributed by atoms with Crippen molar-refractivity contribution in [3.63, 3.8) is 0 Å². The topological polar surface area (TPSA) is 85.3 Å². The molecule has 3 N–H and O–H groups in total. The van der Waals surface area contributed by atoms with Gasteiger partial charge in [0.2, 0.25) is 0 Å². The van der Waals surface area contributed by atoms with Crippen molar-refractivity contribution >= 4 is 16.7 Å². The van der Waals surface area contributed by atoms with Crippen molar-refractivity contribution in [2.75, 3.05) is 0 Å². The molecule has 0 spiro atoms. The number of hydrogen-bond donors (Lipinski definition) is 2. The Morgan fingerprint density at radius 1 is 1.17 bits per heavy atom. The van der Waals surface area contributed by atoms with Crippen LogP contribution in [0.1, 0.15) is 16.8 Å². The fourth-order valence-electron chi connectivity index (χ4n) is 3.39. The van der Waals surface area contributed by atoms with Crippen molar-refractivity contribution in [2.45, 2.75) is 25.6 Å². The van der Waals surface area contributed by atoms with Crippen LogP contribution in [0.15, 0.2) is 47.3 Å². The molecule has 0 bridgehead atoms. The summed E-state index contributed by atoms with van der Waals surface area (Å²) in [5.74, 6) is -1.18. The summed E-state index contributed by atoms with van der Waals surface area (Å²) in [6, 6.07) is 9.39. The molecule has 0 fully saturated rings. The van der Waals surface area contributed by atoms with Crippen LogP contribution in [-0.4, -0.2) is 21.7 Å². The molecular weight excluding hydrogens is 385 g/mol. The molecule has 1 atom stereocenters. The van der Waals surface area contributed by atoms with Crippen molar-refractivity contribution in [3.05, 3.63) is 69.6 Å². The average molecular weight is 404 g/mol. The van der Waals surface area contributed by atoms with Gasteiger partial charge in [0.05, 0.1) is 11.1 Å². The maximum absolute atomic E-state index is 13.7. The minimum absolute atomic E-state index is 0.00810. The maximum Gasteiger partial charge on any atom is 0.417 e. The maximum atomic E-state index is 13.7. The monoisotopic (exact) mass is 404 g/mol. The predicted octanol–water partition coefficient (Wildman–Crippen LogP) is 3.49. The van der Waals surface area contributed by atoms with Gasteiger partial charge in [-0.3, -0.25) is 9.59 Å². The zero-order chi connectivity index (χ0) is 21.5. The third-order valence-electron chi connectivity index (χ3n) is 5.02. The number of carbonyl (C=O) groups is 1. The van der Waals surface area contributed by atoms with Gasteiger partial charge in [0.25, 0.3) is 5.56 Å². The van der Waals surface area contributed by atoms with Crippen LogP contribution in [-0.2, 0) is 24.4 Å². The van der Waals surface area contributed by atoms with Gasteiger partial charge in [0.1, 0.15) is 6.04 Å². The molecule has 0 saturated heterocycles. The van der Waals surface area contributed by atoms with Crippen molar-refractivity contribution in [1.29, 1.82) is 0 Å². The number of halogens is 3. The fraction of sp³-hybridized carbons (Fsp3) is 0.238. The SMILES string of the molecule is Cc1cc(C(F)(F)F)c(-c2ccc(C[C@H](N)C(=O)O)c3ccccc23)c(=O)n1C. The van der Waals surface area contributed by atoms with Gasteiger partial charge in [-0.1, -0.05) is 36.4 Å². The van der Waals surface area contributed by atoms with E-state index in [-0.39, 0.29) is 17.7 Å². The van der Waals surface area contributed by atoms with Crippen LogP contribution in [0, 0.1) is 6.92 Å². The Balaban J connectivity index is 2.35. The second-order valence-electron chi connectivity index (χ2n) is 6.90. The number of aromatic nitrogens is 1. The van der Waals surface area contributed by atoms with E-state index in [4.69, 9.17) is 10.8 Å². The third-order valence-corrected chi connectivity index (χ3v) is 5.02. The van der Waals surface area contributed by atoms with Gasteiger partial charge in [0.15, 0.2) is 0 Å². The largest absolute Gasteiger partial charge is 0.480 e. The lowest BCUT2D eigenvalue weighted by Crippen LogP contribution is -2.32. The number of nitrogens with zero attached hydrogens (tertiary/aromatic N) is 1. The molecule has 0 aliphatic rings. The number of benzene rings is 2. The van der Waals surface area contributed by atoms with Gasteiger partial charge in [-0.2, -0.15) is 13.2 Å². The smallest absolute Gasteiger partial charge is 0.417 e. The van der Waals surface area contributed by atoms with Crippen molar-refractivity contribution < 1.29 is 23.1 Å².